The summed E-state index contributed by atoms with van der Waals surface area (Å²) in [6, 6.07) is 10.1. The third-order valence-electron chi connectivity index (χ3n) is 4.61. The van der Waals surface area contributed by atoms with Gasteiger partial charge in [0.2, 0.25) is 5.91 Å². The number of nitriles is 1. The maximum absolute atomic E-state index is 12.4. The van der Waals surface area contributed by atoms with Crippen molar-refractivity contribution in [3.63, 3.8) is 0 Å². The van der Waals surface area contributed by atoms with E-state index in [-0.39, 0.29) is 5.91 Å². The Morgan fingerprint density at radius 1 is 1.18 bits per heavy atom. The first kappa shape index (κ1) is 14.9. The largest absolute Gasteiger partial charge is 0.378 e. The van der Waals surface area contributed by atoms with Crippen molar-refractivity contribution in [1.29, 1.82) is 5.26 Å². The van der Waals surface area contributed by atoms with Gasteiger partial charge in [-0.05, 0) is 37.1 Å². The molecule has 1 aromatic carbocycles. The third-order valence-corrected chi connectivity index (χ3v) is 4.61. The molecule has 5 heteroatoms. The van der Waals surface area contributed by atoms with Gasteiger partial charge in [0.05, 0.1) is 19.3 Å². The van der Waals surface area contributed by atoms with Crippen molar-refractivity contribution in [3.05, 3.63) is 24.3 Å². The highest BCUT2D eigenvalue weighted by Crippen LogP contribution is 2.38. The summed E-state index contributed by atoms with van der Waals surface area (Å²) < 4.78 is 5.35. The molecule has 2 aliphatic rings. The minimum atomic E-state index is -0.830. The first-order valence-corrected chi connectivity index (χ1v) is 7.89. The lowest BCUT2D eigenvalue weighted by molar-refractivity contribution is -0.122. The van der Waals surface area contributed by atoms with E-state index < -0.39 is 5.41 Å². The van der Waals surface area contributed by atoms with Gasteiger partial charge in [-0.3, -0.25) is 4.79 Å². The molecule has 1 aliphatic carbocycles. The van der Waals surface area contributed by atoms with E-state index in [9.17, 15) is 10.1 Å². The molecule has 1 aromatic rings. The number of rotatable bonds is 3. The molecule has 0 radical (unpaired) electrons. The Bertz CT molecular complexity index is 565. The predicted molar refractivity (Wildman–Crippen MR) is 84.6 cm³/mol. The van der Waals surface area contributed by atoms with Crippen LogP contribution in [0.1, 0.15) is 25.7 Å². The first-order valence-electron chi connectivity index (χ1n) is 7.89. The number of ether oxygens (including phenoxy) is 1. The SMILES string of the molecule is N#CC1(C(=O)Nc2ccc(N3CCOCC3)cc2)CCCC1. The highest BCUT2D eigenvalue weighted by Gasteiger charge is 2.41. The number of carbonyl (C=O) groups is 1. The predicted octanol–water partition coefficient (Wildman–Crippen LogP) is 2.55. The van der Waals surface area contributed by atoms with Gasteiger partial charge in [-0.15, -0.1) is 0 Å². The second-order valence-electron chi connectivity index (χ2n) is 6.00. The zero-order valence-electron chi connectivity index (χ0n) is 12.7. The molecular formula is C17H21N3O2. The number of anilines is 2. The second kappa shape index (κ2) is 6.37. The number of amides is 1. The Morgan fingerprint density at radius 2 is 1.82 bits per heavy atom. The number of nitrogens with zero attached hydrogens (tertiary/aromatic N) is 2. The van der Waals surface area contributed by atoms with Gasteiger partial charge in [0.25, 0.3) is 0 Å². The standard InChI is InChI=1S/C17H21N3O2/c18-13-17(7-1-2-8-17)16(21)19-14-3-5-15(6-4-14)20-9-11-22-12-10-20/h3-6H,1-2,7-12H2,(H,19,21). The van der Waals surface area contributed by atoms with E-state index >= 15 is 0 Å². The van der Waals surface area contributed by atoms with Crippen LogP contribution in [0.25, 0.3) is 0 Å². The number of hydrogen-bond acceptors (Lipinski definition) is 4. The van der Waals surface area contributed by atoms with E-state index in [2.05, 4.69) is 16.3 Å². The molecule has 2 fully saturated rings. The summed E-state index contributed by atoms with van der Waals surface area (Å²) in [5.74, 6) is -0.161. The van der Waals surface area contributed by atoms with E-state index in [1.54, 1.807) is 0 Å². The molecule has 0 bridgehead atoms. The van der Waals surface area contributed by atoms with Gasteiger partial charge in [-0.1, -0.05) is 12.8 Å². The van der Waals surface area contributed by atoms with Crippen LogP contribution in [-0.4, -0.2) is 32.2 Å². The maximum Gasteiger partial charge on any atom is 0.244 e. The average molecular weight is 299 g/mol. The highest BCUT2D eigenvalue weighted by atomic mass is 16.5. The van der Waals surface area contributed by atoms with Crippen LogP contribution in [0.5, 0.6) is 0 Å². The minimum absolute atomic E-state index is 0.161. The van der Waals surface area contributed by atoms with Crippen LogP contribution >= 0.6 is 0 Å². The Balaban J connectivity index is 1.66. The van der Waals surface area contributed by atoms with Gasteiger partial charge in [-0.25, -0.2) is 0 Å². The summed E-state index contributed by atoms with van der Waals surface area (Å²) in [5, 5.41) is 12.3. The first-order chi connectivity index (χ1) is 10.7. The Morgan fingerprint density at radius 3 is 2.41 bits per heavy atom. The number of benzene rings is 1. The van der Waals surface area contributed by atoms with Crippen LogP contribution in [0.15, 0.2) is 24.3 Å². The molecule has 1 saturated carbocycles. The molecule has 0 spiro atoms. The molecule has 3 rings (SSSR count). The van der Waals surface area contributed by atoms with Gasteiger partial charge in [-0.2, -0.15) is 5.26 Å². The molecule has 5 nitrogen and oxygen atoms in total. The minimum Gasteiger partial charge on any atom is -0.378 e. The molecule has 1 aliphatic heterocycles. The summed E-state index contributed by atoms with van der Waals surface area (Å²) in [6.45, 7) is 3.29. The van der Waals surface area contributed by atoms with E-state index in [0.717, 1.165) is 50.5 Å². The molecule has 0 atom stereocenters. The molecule has 0 unspecified atom stereocenters. The smallest absolute Gasteiger partial charge is 0.244 e. The summed E-state index contributed by atoms with van der Waals surface area (Å²) in [4.78, 5) is 14.7. The summed E-state index contributed by atoms with van der Waals surface area (Å²) >= 11 is 0. The van der Waals surface area contributed by atoms with Crippen LogP contribution in [-0.2, 0) is 9.53 Å². The lowest BCUT2D eigenvalue weighted by atomic mass is 9.87. The van der Waals surface area contributed by atoms with Crippen molar-refractivity contribution in [2.45, 2.75) is 25.7 Å². The highest BCUT2D eigenvalue weighted by molar-refractivity contribution is 5.97. The number of morpholine rings is 1. The number of hydrogen-bond donors (Lipinski definition) is 1. The molecule has 116 valence electrons. The van der Waals surface area contributed by atoms with Crippen molar-refractivity contribution in [3.8, 4) is 6.07 Å². The van der Waals surface area contributed by atoms with Gasteiger partial charge < -0.3 is 15.0 Å². The molecule has 1 amide bonds. The van der Waals surface area contributed by atoms with Crippen LogP contribution in [0, 0.1) is 16.7 Å². The van der Waals surface area contributed by atoms with Crippen LogP contribution in [0.2, 0.25) is 0 Å². The molecule has 1 saturated heterocycles. The van der Waals surface area contributed by atoms with E-state index in [0.29, 0.717) is 12.8 Å². The maximum atomic E-state index is 12.4. The Hall–Kier alpha value is -2.06. The van der Waals surface area contributed by atoms with Crippen LogP contribution in [0.4, 0.5) is 11.4 Å². The van der Waals surface area contributed by atoms with Crippen molar-refractivity contribution < 1.29 is 9.53 Å². The van der Waals surface area contributed by atoms with Crippen molar-refractivity contribution >= 4 is 17.3 Å². The fraction of sp³-hybridized carbons (Fsp3) is 0.529. The van der Waals surface area contributed by atoms with Crippen molar-refractivity contribution in [1.82, 2.24) is 0 Å². The summed E-state index contributed by atoms with van der Waals surface area (Å²) in [5.41, 5.74) is 1.06. The zero-order valence-corrected chi connectivity index (χ0v) is 12.7. The lowest BCUT2D eigenvalue weighted by Gasteiger charge is -2.29. The molecule has 1 N–H and O–H groups in total. The fourth-order valence-electron chi connectivity index (χ4n) is 3.20. The zero-order chi connectivity index (χ0) is 15.4. The lowest BCUT2D eigenvalue weighted by Crippen LogP contribution is -2.36. The van der Waals surface area contributed by atoms with E-state index in [4.69, 9.17) is 4.74 Å². The van der Waals surface area contributed by atoms with Gasteiger partial charge in [0.15, 0.2) is 0 Å². The van der Waals surface area contributed by atoms with Crippen molar-refractivity contribution in [2.75, 3.05) is 36.5 Å². The normalized spacial score (nSPS) is 20.4. The molecular weight excluding hydrogens is 278 g/mol. The topological polar surface area (TPSA) is 65.4 Å². The number of carbonyl (C=O) groups excluding carboxylic acids is 1. The third kappa shape index (κ3) is 2.93. The van der Waals surface area contributed by atoms with Gasteiger partial charge in [0, 0.05) is 24.5 Å². The Kier molecular flexibility index (Phi) is 4.30. The van der Waals surface area contributed by atoms with Crippen LogP contribution in [0.3, 0.4) is 0 Å². The molecule has 1 heterocycles. The summed E-state index contributed by atoms with van der Waals surface area (Å²) in [6.07, 6.45) is 3.25. The monoisotopic (exact) mass is 299 g/mol. The van der Waals surface area contributed by atoms with Crippen LogP contribution < -0.4 is 10.2 Å². The average Bonchev–Trinajstić information content (AvgIpc) is 3.07. The quantitative estimate of drug-likeness (QED) is 0.931. The van der Waals surface area contributed by atoms with Gasteiger partial charge in [0.1, 0.15) is 5.41 Å². The Labute approximate surface area is 130 Å². The second-order valence-corrected chi connectivity index (χ2v) is 6.00. The number of nitrogens with one attached hydrogen (secondary N) is 1. The summed E-state index contributed by atoms with van der Waals surface area (Å²) in [7, 11) is 0. The fourth-order valence-corrected chi connectivity index (χ4v) is 3.20. The van der Waals surface area contributed by atoms with E-state index in [1.807, 2.05) is 24.3 Å². The van der Waals surface area contributed by atoms with Crippen molar-refractivity contribution in [2.24, 2.45) is 5.41 Å². The van der Waals surface area contributed by atoms with E-state index in [1.165, 1.54) is 0 Å². The molecule has 22 heavy (non-hydrogen) atoms. The molecule has 0 aromatic heterocycles. The van der Waals surface area contributed by atoms with Gasteiger partial charge >= 0.3 is 0 Å².